The molecule has 0 saturated heterocycles. The predicted molar refractivity (Wildman–Crippen MR) is 107 cm³/mol. The van der Waals surface area contributed by atoms with Crippen molar-refractivity contribution in [2.24, 2.45) is 0 Å². The Kier molecular flexibility index (Phi) is 5.36. The molecule has 6 nitrogen and oxygen atoms in total. The van der Waals surface area contributed by atoms with E-state index in [1.165, 1.54) is 4.31 Å². The third-order valence-electron chi connectivity index (χ3n) is 5.00. The first-order valence-corrected chi connectivity index (χ1v) is 10.9. The van der Waals surface area contributed by atoms with Crippen molar-refractivity contribution >= 4 is 15.7 Å². The van der Waals surface area contributed by atoms with Crippen LogP contribution in [-0.4, -0.2) is 37.3 Å². The van der Waals surface area contributed by atoms with Gasteiger partial charge in [-0.05, 0) is 30.2 Å². The molecular formula is C20H29N3O3S. The summed E-state index contributed by atoms with van der Waals surface area (Å²) in [6, 6.07) is 5.44. The second kappa shape index (κ2) is 7.28. The van der Waals surface area contributed by atoms with E-state index in [9.17, 15) is 8.42 Å². The molecule has 0 spiro atoms. The van der Waals surface area contributed by atoms with Crippen molar-refractivity contribution in [1.82, 2.24) is 9.29 Å². The first kappa shape index (κ1) is 19.9. The number of benzene rings is 1. The number of aromatic nitrogens is 1. The number of nitrogens with zero attached hydrogens (tertiary/aromatic N) is 3. The van der Waals surface area contributed by atoms with Crippen LogP contribution in [-0.2, 0) is 28.4 Å². The number of sulfonamides is 1. The van der Waals surface area contributed by atoms with Gasteiger partial charge in [0.2, 0.25) is 15.9 Å². The Morgan fingerprint density at radius 3 is 2.52 bits per heavy atom. The smallest absolute Gasteiger partial charge is 0.243 e. The van der Waals surface area contributed by atoms with E-state index in [-0.39, 0.29) is 5.41 Å². The van der Waals surface area contributed by atoms with E-state index in [0.717, 1.165) is 30.0 Å². The zero-order chi connectivity index (χ0) is 19.8. The summed E-state index contributed by atoms with van der Waals surface area (Å²) in [5.41, 5.74) is 2.05. The summed E-state index contributed by atoms with van der Waals surface area (Å²) in [5, 5.41) is 0. The van der Waals surface area contributed by atoms with Crippen molar-refractivity contribution in [3.8, 4) is 0 Å². The van der Waals surface area contributed by atoms with Crippen LogP contribution in [0.1, 0.15) is 51.8 Å². The van der Waals surface area contributed by atoms with Crippen LogP contribution >= 0.6 is 0 Å². The molecular weight excluding hydrogens is 362 g/mol. The van der Waals surface area contributed by atoms with Crippen molar-refractivity contribution in [2.75, 3.05) is 24.5 Å². The quantitative estimate of drug-likeness (QED) is 0.753. The third kappa shape index (κ3) is 3.89. The summed E-state index contributed by atoms with van der Waals surface area (Å²) in [4.78, 5) is 6.98. The summed E-state index contributed by atoms with van der Waals surface area (Å²) in [7, 11) is -3.43. The van der Waals surface area contributed by atoms with Crippen LogP contribution in [0.4, 0.5) is 5.69 Å². The highest BCUT2D eigenvalue weighted by Gasteiger charge is 2.27. The average molecular weight is 392 g/mol. The van der Waals surface area contributed by atoms with Gasteiger partial charge in [-0.25, -0.2) is 13.4 Å². The van der Waals surface area contributed by atoms with Gasteiger partial charge >= 0.3 is 0 Å². The first-order chi connectivity index (χ1) is 12.7. The van der Waals surface area contributed by atoms with Gasteiger partial charge in [-0.1, -0.05) is 34.6 Å². The summed E-state index contributed by atoms with van der Waals surface area (Å²) >= 11 is 0. The number of oxazole rings is 1. The Labute approximate surface area is 162 Å². The molecule has 2 aromatic rings. The SMILES string of the molecule is CCN(CC)S(=O)(=O)c1ccc2c(c1)CCN2Cc1ncc(C(C)(C)C)o1. The van der Waals surface area contributed by atoms with Gasteiger partial charge in [0.25, 0.3) is 0 Å². The molecule has 27 heavy (non-hydrogen) atoms. The fraction of sp³-hybridized carbons (Fsp3) is 0.550. The molecule has 0 N–H and O–H groups in total. The molecule has 0 fully saturated rings. The van der Waals surface area contributed by atoms with Crippen LogP contribution in [0, 0.1) is 0 Å². The van der Waals surface area contributed by atoms with E-state index in [1.807, 2.05) is 26.0 Å². The van der Waals surface area contributed by atoms with Crippen LogP contribution in [0.3, 0.4) is 0 Å². The van der Waals surface area contributed by atoms with E-state index >= 15 is 0 Å². The van der Waals surface area contributed by atoms with E-state index in [2.05, 4.69) is 30.7 Å². The molecule has 0 radical (unpaired) electrons. The van der Waals surface area contributed by atoms with Gasteiger partial charge in [0.1, 0.15) is 5.76 Å². The highest BCUT2D eigenvalue weighted by Crippen LogP contribution is 2.32. The zero-order valence-corrected chi connectivity index (χ0v) is 17.6. The lowest BCUT2D eigenvalue weighted by atomic mass is 9.94. The molecule has 0 atom stereocenters. The Morgan fingerprint density at radius 2 is 1.93 bits per heavy atom. The lowest BCUT2D eigenvalue weighted by Crippen LogP contribution is -2.30. The topological polar surface area (TPSA) is 66.7 Å². The van der Waals surface area contributed by atoms with Crippen molar-refractivity contribution in [2.45, 2.75) is 57.9 Å². The zero-order valence-electron chi connectivity index (χ0n) is 16.8. The second-order valence-electron chi connectivity index (χ2n) is 7.92. The van der Waals surface area contributed by atoms with E-state index in [0.29, 0.717) is 30.4 Å². The van der Waals surface area contributed by atoms with Crippen molar-refractivity contribution in [1.29, 1.82) is 0 Å². The van der Waals surface area contributed by atoms with Crippen molar-refractivity contribution < 1.29 is 12.8 Å². The molecule has 0 unspecified atom stereocenters. The molecule has 1 aliphatic rings. The Hall–Kier alpha value is -1.86. The molecule has 1 aliphatic heterocycles. The van der Waals surface area contributed by atoms with Gasteiger partial charge in [0.05, 0.1) is 17.6 Å². The maximum Gasteiger partial charge on any atom is 0.243 e. The Morgan fingerprint density at radius 1 is 1.22 bits per heavy atom. The molecule has 2 heterocycles. The molecule has 7 heteroatoms. The van der Waals surface area contributed by atoms with Gasteiger partial charge in [-0.15, -0.1) is 0 Å². The summed E-state index contributed by atoms with van der Waals surface area (Å²) in [5.74, 6) is 1.56. The van der Waals surface area contributed by atoms with Crippen LogP contribution in [0.5, 0.6) is 0 Å². The fourth-order valence-corrected chi connectivity index (χ4v) is 4.89. The highest BCUT2D eigenvalue weighted by atomic mass is 32.2. The largest absolute Gasteiger partial charge is 0.443 e. The maximum atomic E-state index is 12.8. The molecule has 1 aromatic carbocycles. The van der Waals surface area contributed by atoms with Crippen molar-refractivity contribution in [3.63, 3.8) is 0 Å². The maximum absolute atomic E-state index is 12.8. The molecule has 148 valence electrons. The van der Waals surface area contributed by atoms with E-state index < -0.39 is 10.0 Å². The normalized spacial score (nSPS) is 14.8. The van der Waals surface area contributed by atoms with Crippen LogP contribution < -0.4 is 4.90 Å². The van der Waals surface area contributed by atoms with E-state index in [4.69, 9.17) is 4.42 Å². The molecule has 0 aliphatic carbocycles. The monoisotopic (exact) mass is 391 g/mol. The fourth-order valence-electron chi connectivity index (χ4n) is 3.38. The van der Waals surface area contributed by atoms with Gasteiger partial charge in [-0.3, -0.25) is 0 Å². The number of rotatable bonds is 6. The lowest BCUT2D eigenvalue weighted by molar-refractivity contribution is 0.381. The molecule has 1 aromatic heterocycles. The molecule has 0 bridgehead atoms. The van der Waals surface area contributed by atoms with Crippen molar-refractivity contribution in [3.05, 3.63) is 41.6 Å². The summed E-state index contributed by atoms with van der Waals surface area (Å²) < 4.78 is 32.9. The average Bonchev–Trinajstić information content (AvgIpc) is 3.23. The van der Waals surface area contributed by atoms with Gasteiger partial charge in [-0.2, -0.15) is 4.31 Å². The Bertz CT molecular complexity index is 909. The number of hydrogen-bond donors (Lipinski definition) is 0. The molecule has 0 amide bonds. The standard InChI is InChI=1S/C20H29N3O3S/c1-6-23(7-2)27(24,25)16-8-9-17-15(12-16)10-11-22(17)14-19-21-13-18(26-19)20(3,4)5/h8-9,12-13H,6-7,10-11,14H2,1-5H3. The molecule has 3 rings (SSSR count). The minimum atomic E-state index is -3.43. The minimum absolute atomic E-state index is 0.0676. The Balaban J connectivity index is 1.81. The predicted octanol–water partition coefficient (Wildman–Crippen LogP) is 3.57. The number of fused-ring (bicyclic) bond motifs is 1. The van der Waals surface area contributed by atoms with Crippen LogP contribution in [0.2, 0.25) is 0 Å². The van der Waals surface area contributed by atoms with Gasteiger partial charge in [0.15, 0.2) is 0 Å². The lowest BCUT2D eigenvalue weighted by Gasteiger charge is -2.20. The van der Waals surface area contributed by atoms with Gasteiger partial charge < -0.3 is 9.32 Å². The van der Waals surface area contributed by atoms with Gasteiger partial charge in [0, 0.05) is 30.7 Å². The van der Waals surface area contributed by atoms with Crippen LogP contribution in [0.25, 0.3) is 0 Å². The summed E-state index contributed by atoms with van der Waals surface area (Å²) in [6.45, 7) is 12.4. The number of hydrogen-bond acceptors (Lipinski definition) is 5. The minimum Gasteiger partial charge on any atom is -0.443 e. The number of anilines is 1. The molecule has 0 saturated carbocycles. The van der Waals surface area contributed by atoms with E-state index in [1.54, 1.807) is 12.3 Å². The first-order valence-electron chi connectivity index (χ1n) is 9.50. The third-order valence-corrected chi connectivity index (χ3v) is 7.05. The van der Waals surface area contributed by atoms with Crippen LogP contribution in [0.15, 0.2) is 33.7 Å². The second-order valence-corrected chi connectivity index (χ2v) is 9.86. The summed E-state index contributed by atoms with van der Waals surface area (Å²) in [6.07, 6.45) is 2.62. The highest BCUT2D eigenvalue weighted by molar-refractivity contribution is 7.89.